The monoisotopic (exact) mass is 229 g/mol. The normalized spacial score (nSPS) is 20.3. The van der Waals surface area contributed by atoms with Crippen LogP contribution in [0, 0.1) is 0 Å². The lowest BCUT2D eigenvalue weighted by molar-refractivity contribution is -0.0226. The van der Waals surface area contributed by atoms with Crippen molar-refractivity contribution in [3.8, 4) is 0 Å². The van der Waals surface area contributed by atoms with E-state index in [2.05, 4.69) is 10.3 Å². The zero-order chi connectivity index (χ0) is 11.8. The molecule has 0 spiro atoms. The summed E-state index contributed by atoms with van der Waals surface area (Å²) in [5, 5.41) is 7.56. The first-order chi connectivity index (χ1) is 7.52. The van der Waals surface area contributed by atoms with Crippen molar-refractivity contribution < 1.29 is 8.78 Å². The second kappa shape index (κ2) is 4.11. The molecule has 0 radical (unpaired) electrons. The molecule has 1 aliphatic carbocycles. The maximum absolute atomic E-state index is 13.8. The summed E-state index contributed by atoms with van der Waals surface area (Å²) in [5.74, 6) is -2.80. The Bertz CT molecular complexity index is 371. The minimum Gasteiger partial charge on any atom is -0.246 e. The smallest absolute Gasteiger partial charge is 0.246 e. The Morgan fingerprint density at radius 3 is 2.69 bits per heavy atom. The summed E-state index contributed by atoms with van der Waals surface area (Å²) in [4.78, 5) is 0. The van der Waals surface area contributed by atoms with Crippen LogP contribution in [0.1, 0.15) is 57.0 Å². The molecule has 0 atom stereocenters. The molecule has 1 aromatic heterocycles. The van der Waals surface area contributed by atoms with Crippen molar-refractivity contribution in [2.45, 2.75) is 57.9 Å². The Hall–Kier alpha value is -1.00. The van der Waals surface area contributed by atoms with Crippen LogP contribution in [0.15, 0.2) is 0 Å². The van der Waals surface area contributed by atoms with E-state index >= 15 is 0 Å². The van der Waals surface area contributed by atoms with Gasteiger partial charge in [-0.05, 0) is 33.1 Å². The first-order valence-corrected chi connectivity index (χ1v) is 5.85. The minimum atomic E-state index is -2.80. The van der Waals surface area contributed by atoms with Gasteiger partial charge in [-0.15, -0.1) is 5.10 Å². The van der Waals surface area contributed by atoms with E-state index < -0.39 is 5.92 Å². The fraction of sp³-hybridized carbons (Fsp3) is 0.818. The summed E-state index contributed by atoms with van der Waals surface area (Å²) in [5.41, 5.74) is 0.528. The Labute approximate surface area is 93.8 Å². The summed E-state index contributed by atoms with van der Waals surface area (Å²) in [6.45, 7) is 3.87. The second-order valence-corrected chi connectivity index (χ2v) is 4.69. The van der Waals surface area contributed by atoms with Crippen LogP contribution in [0.2, 0.25) is 0 Å². The van der Waals surface area contributed by atoms with Gasteiger partial charge in [0, 0.05) is 12.5 Å². The third kappa shape index (κ3) is 1.95. The van der Waals surface area contributed by atoms with Crippen molar-refractivity contribution in [3.05, 3.63) is 11.4 Å². The standard InChI is InChI=1S/C11H17F2N3/c1-8(2)16-9-6-4-3-5-7-11(12,13)10(9)14-15-16/h8H,3-7H2,1-2H3. The number of rotatable bonds is 1. The van der Waals surface area contributed by atoms with Gasteiger partial charge in [-0.25, -0.2) is 4.68 Å². The van der Waals surface area contributed by atoms with Crippen molar-refractivity contribution >= 4 is 0 Å². The van der Waals surface area contributed by atoms with Crippen LogP contribution in [0.4, 0.5) is 8.78 Å². The van der Waals surface area contributed by atoms with Gasteiger partial charge in [0.25, 0.3) is 5.92 Å². The Morgan fingerprint density at radius 2 is 2.00 bits per heavy atom. The SMILES string of the molecule is CC(C)n1nnc2c1CCCCCC2(F)F. The number of halogens is 2. The molecule has 0 saturated carbocycles. The van der Waals surface area contributed by atoms with Crippen LogP contribution in [-0.2, 0) is 12.3 Å². The summed E-state index contributed by atoms with van der Waals surface area (Å²) < 4.78 is 29.2. The van der Waals surface area contributed by atoms with E-state index in [1.165, 1.54) is 0 Å². The fourth-order valence-corrected chi connectivity index (χ4v) is 2.18. The number of nitrogens with zero attached hydrogens (tertiary/aromatic N) is 3. The molecule has 0 unspecified atom stereocenters. The lowest BCUT2D eigenvalue weighted by atomic mass is 9.98. The van der Waals surface area contributed by atoms with Gasteiger partial charge in [0.05, 0.1) is 5.69 Å². The van der Waals surface area contributed by atoms with E-state index in [1.54, 1.807) is 4.68 Å². The molecule has 3 nitrogen and oxygen atoms in total. The summed E-state index contributed by atoms with van der Waals surface area (Å²) in [6.07, 6.45) is 2.94. The molecule has 0 N–H and O–H groups in total. The Balaban J connectivity index is 2.44. The highest BCUT2D eigenvalue weighted by molar-refractivity contribution is 5.17. The van der Waals surface area contributed by atoms with Crippen LogP contribution < -0.4 is 0 Å². The molecule has 1 heterocycles. The zero-order valence-electron chi connectivity index (χ0n) is 9.71. The number of fused-ring (bicyclic) bond motifs is 1. The van der Waals surface area contributed by atoms with Crippen molar-refractivity contribution in [1.29, 1.82) is 0 Å². The van der Waals surface area contributed by atoms with Gasteiger partial charge in [-0.2, -0.15) is 8.78 Å². The largest absolute Gasteiger partial charge is 0.293 e. The molecular weight excluding hydrogens is 212 g/mol. The molecule has 0 fully saturated rings. The summed E-state index contributed by atoms with van der Waals surface area (Å²) in [7, 11) is 0. The van der Waals surface area contributed by atoms with Crippen LogP contribution in [0.3, 0.4) is 0 Å². The maximum atomic E-state index is 13.8. The molecule has 1 aromatic rings. The number of hydrogen-bond donors (Lipinski definition) is 0. The van der Waals surface area contributed by atoms with E-state index in [0.29, 0.717) is 18.5 Å². The lowest BCUT2D eigenvalue weighted by Crippen LogP contribution is -2.19. The van der Waals surface area contributed by atoms with Crippen LogP contribution in [0.25, 0.3) is 0 Å². The molecule has 1 aliphatic rings. The van der Waals surface area contributed by atoms with E-state index in [0.717, 1.165) is 12.8 Å². The molecule has 0 bridgehead atoms. The number of hydrogen-bond acceptors (Lipinski definition) is 2. The molecule has 0 aromatic carbocycles. The lowest BCUT2D eigenvalue weighted by Gasteiger charge is -2.19. The van der Waals surface area contributed by atoms with Crippen molar-refractivity contribution in [1.82, 2.24) is 15.0 Å². The highest BCUT2D eigenvalue weighted by atomic mass is 19.3. The van der Waals surface area contributed by atoms with Crippen molar-refractivity contribution in [3.63, 3.8) is 0 Å². The van der Waals surface area contributed by atoms with Crippen LogP contribution in [-0.4, -0.2) is 15.0 Å². The van der Waals surface area contributed by atoms with Crippen LogP contribution in [0.5, 0.6) is 0 Å². The van der Waals surface area contributed by atoms with E-state index in [-0.39, 0.29) is 18.2 Å². The molecule has 5 heteroatoms. The average molecular weight is 229 g/mol. The predicted molar refractivity (Wildman–Crippen MR) is 56.5 cm³/mol. The van der Waals surface area contributed by atoms with Gasteiger partial charge in [-0.3, -0.25) is 0 Å². The molecule has 0 aliphatic heterocycles. The van der Waals surface area contributed by atoms with Gasteiger partial charge in [0.15, 0.2) is 5.69 Å². The van der Waals surface area contributed by atoms with Crippen molar-refractivity contribution in [2.75, 3.05) is 0 Å². The average Bonchev–Trinajstić information content (AvgIpc) is 2.59. The van der Waals surface area contributed by atoms with Gasteiger partial charge >= 0.3 is 0 Å². The summed E-state index contributed by atoms with van der Waals surface area (Å²) >= 11 is 0. The van der Waals surface area contributed by atoms with E-state index in [9.17, 15) is 8.78 Å². The minimum absolute atomic E-state index is 0.0893. The molecule has 2 rings (SSSR count). The Morgan fingerprint density at radius 1 is 1.25 bits per heavy atom. The second-order valence-electron chi connectivity index (χ2n) is 4.69. The number of alkyl halides is 2. The highest BCUT2D eigenvalue weighted by Gasteiger charge is 2.38. The highest BCUT2D eigenvalue weighted by Crippen LogP contribution is 2.37. The molecule has 0 saturated heterocycles. The molecule has 90 valence electrons. The summed E-state index contributed by atoms with van der Waals surface area (Å²) in [6, 6.07) is 0.0893. The third-order valence-electron chi connectivity index (χ3n) is 3.03. The fourth-order valence-electron chi connectivity index (χ4n) is 2.18. The maximum Gasteiger partial charge on any atom is 0.293 e. The first kappa shape index (κ1) is 11.5. The zero-order valence-corrected chi connectivity index (χ0v) is 9.71. The van der Waals surface area contributed by atoms with Gasteiger partial charge in [0.2, 0.25) is 0 Å². The number of aromatic nitrogens is 3. The molecule has 0 amide bonds. The Kier molecular flexibility index (Phi) is 2.95. The quantitative estimate of drug-likeness (QED) is 0.741. The van der Waals surface area contributed by atoms with E-state index in [1.807, 2.05) is 13.8 Å². The predicted octanol–water partition coefficient (Wildman–Crippen LogP) is 3.07. The van der Waals surface area contributed by atoms with Crippen molar-refractivity contribution in [2.24, 2.45) is 0 Å². The van der Waals surface area contributed by atoms with Crippen LogP contribution >= 0.6 is 0 Å². The van der Waals surface area contributed by atoms with Gasteiger partial charge in [-0.1, -0.05) is 11.6 Å². The van der Waals surface area contributed by atoms with Gasteiger partial charge in [0.1, 0.15) is 0 Å². The molecular formula is C11H17F2N3. The first-order valence-electron chi connectivity index (χ1n) is 5.85. The van der Waals surface area contributed by atoms with Gasteiger partial charge < -0.3 is 0 Å². The molecule has 16 heavy (non-hydrogen) atoms. The topological polar surface area (TPSA) is 30.7 Å². The van der Waals surface area contributed by atoms with E-state index in [4.69, 9.17) is 0 Å². The third-order valence-corrected chi connectivity index (χ3v) is 3.03.